The number of hydrogen-bond acceptors (Lipinski definition) is 4. The molecule has 0 bridgehead atoms. The fraction of sp³-hybridized carbons (Fsp3) is 0.500. The lowest BCUT2D eigenvalue weighted by molar-refractivity contribution is -0.124. The molecule has 0 heterocycles. The third kappa shape index (κ3) is 4.44. The molecule has 0 aliphatic rings. The third-order valence-corrected chi connectivity index (χ3v) is 3.01. The minimum absolute atomic E-state index is 0.0193. The van der Waals surface area contributed by atoms with E-state index >= 15 is 0 Å². The summed E-state index contributed by atoms with van der Waals surface area (Å²) in [7, 11) is 5.11. The molecule has 0 saturated carbocycles. The van der Waals surface area contributed by atoms with E-state index in [2.05, 4.69) is 5.32 Å². The Morgan fingerprint density at radius 2 is 2.21 bits per heavy atom. The number of carbonyl (C=O) groups is 1. The summed E-state index contributed by atoms with van der Waals surface area (Å²) in [5, 5.41) is 12.5. The zero-order valence-electron chi connectivity index (χ0n) is 11.9. The smallest absolute Gasteiger partial charge is 0.223 e. The monoisotopic (exact) mass is 266 g/mol. The van der Waals surface area contributed by atoms with Crippen molar-refractivity contribution in [1.82, 2.24) is 10.2 Å². The largest absolute Gasteiger partial charge is 0.507 e. The molecule has 5 heteroatoms. The van der Waals surface area contributed by atoms with E-state index in [0.29, 0.717) is 18.8 Å². The number of phenols is 1. The molecule has 106 valence electrons. The summed E-state index contributed by atoms with van der Waals surface area (Å²) >= 11 is 0. The number of ether oxygens (including phenoxy) is 1. The van der Waals surface area contributed by atoms with Gasteiger partial charge in [-0.1, -0.05) is 13.0 Å². The Bertz CT molecular complexity index is 435. The molecule has 0 fully saturated rings. The fourth-order valence-electron chi connectivity index (χ4n) is 1.96. The lowest BCUT2D eigenvalue weighted by atomic mass is 10.1. The molecule has 1 aromatic carbocycles. The van der Waals surface area contributed by atoms with Gasteiger partial charge in [-0.3, -0.25) is 4.79 Å². The molecular weight excluding hydrogens is 244 g/mol. The van der Waals surface area contributed by atoms with Gasteiger partial charge in [0, 0.05) is 37.7 Å². The highest BCUT2D eigenvalue weighted by atomic mass is 16.5. The number of benzene rings is 1. The highest BCUT2D eigenvalue weighted by Crippen LogP contribution is 2.24. The summed E-state index contributed by atoms with van der Waals surface area (Å²) < 4.78 is 5.04. The second kappa shape index (κ2) is 6.99. The Kier molecular flexibility index (Phi) is 5.63. The molecule has 1 amide bonds. The quantitative estimate of drug-likeness (QED) is 0.812. The van der Waals surface area contributed by atoms with E-state index in [4.69, 9.17) is 4.74 Å². The first-order valence-electron chi connectivity index (χ1n) is 6.24. The molecule has 0 radical (unpaired) electrons. The van der Waals surface area contributed by atoms with Gasteiger partial charge in [0.25, 0.3) is 0 Å². The van der Waals surface area contributed by atoms with E-state index in [1.165, 1.54) is 0 Å². The molecule has 5 nitrogen and oxygen atoms in total. The van der Waals surface area contributed by atoms with Crippen LogP contribution in [-0.2, 0) is 11.3 Å². The van der Waals surface area contributed by atoms with Gasteiger partial charge in [0.15, 0.2) is 0 Å². The summed E-state index contributed by atoms with van der Waals surface area (Å²) in [5.74, 6) is 0.766. The number of rotatable bonds is 6. The topological polar surface area (TPSA) is 61.8 Å². The van der Waals surface area contributed by atoms with E-state index in [9.17, 15) is 9.90 Å². The van der Waals surface area contributed by atoms with Crippen LogP contribution in [0.25, 0.3) is 0 Å². The Labute approximate surface area is 114 Å². The van der Waals surface area contributed by atoms with Gasteiger partial charge >= 0.3 is 0 Å². The van der Waals surface area contributed by atoms with Gasteiger partial charge in [-0.2, -0.15) is 0 Å². The van der Waals surface area contributed by atoms with Gasteiger partial charge in [0.1, 0.15) is 11.5 Å². The minimum atomic E-state index is -0.0876. The Morgan fingerprint density at radius 1 is 1.53 bits per heavy atom. The summed E-state index contributed by atoms with van der Waals surface area (Å²) in [4.78, 5) is 13.4. The van der Waals surface area contributed by atoms with Crippen molar-refractivity contribution >= 4 is 5.91 Å². The number of phenolic OH excluding ortho intramolecular Hbond substituents is 1. The van der Waals surface area contributed by atoms with Crippen molar-refractivity contribution in [3.63, 3.8) is 0 Å². The van der Waals surface area contributed by atoms with Gasteiger partial charge in [-0.15, -0.1) is 0 Å². The molecule has 1 unspecified atom stereocenters. The maximum absolute atomic E-state index is 11.4. The van der Waals surface area contributed by atoms with Crippen LogP contribution in [0.5, 0.6) is 11.5 Å². The number of hydrogen-bond donors (Lipinski definition) is 2. The second-order valence-corrected chi connectivity index (χ2v) is 4.71. The van der Waals surface area contributed by atoms with Gasteiger partial charge in [0.2, 0.25) is 5.91 Å². The number of amides is 1. The first-order chi connectivity index (χ1) is 8.97. The van der Waals surface area contributed by atoms with E-state index < -0.39 is 0 Å². The molecule has 0 aliphatic heterocycles. The lowest BCUT2D eigenvalue weighted by Crippen LogP contribution is -2.34. The highest BCUT2D eigenvalue weighted by molar-refractivity contribution is 5.78. The molecule has 2 N–H and O–H groups in total. The van der Waals surface area contributed by atoms with Crippen LogP contribution in [0.1, 0.15) is 12.5 Å². The number of carbonyl (C=O) groups excluding carboxylic acids is 1. The Balaban J connectivity index is 2.61. The summed E-state index contributed by atoms with van der Waals surface area (Å²) in [6.45, 7) is 3.09. The van der Waals surface area contributed by atoms with Crippen LogP contribution >= 0.6 is 0 Å². The average molecular weight is 266 g/mol. The van der Waals surface area contributed by atoms with E-state index in [1.54, 1.807) is 20.2 Å². The maximum atomic E-state index is 11.4. The van der Waals surface area contributed by atoms with Gasteiger partial charge in [0.05, 0.1) is 7.11 Å². The molecule has 0 spiro atoms. The maximum Gasteiger partial charge on any atom is 0.223 e. The predicted molar refractivity (Wildman–Crippen MR) is 74.2 cm³/mol. The average Bonchev–Trinajstić information content (AvgIpc) is 2.39. The second-order valence-electron chi connectivity index (χ2n) is 4.71. The first-order valence-corrected chi connectivity index (χ1v) is 6.24. The van der Waals surface area contributed by atoms with Gasteiger partial charge in [-0.25, -0.2) is 0 Å². The van der Waals surface area contributed by atoms with Gasteiger partial charge < -0.3 is 20.1 Å². The lowest BCUT2D eigenvalue weighted by Gasteiger charge is -2.21. The molecule has 0 aliphatic carbocycles. The van der Waals surface area contributed by atoms with E-state index in [0.717, 1.165) is 5.56 Å². The van der Waals surface area contributed by atoms with Crippen LogP contribution in [-0.4, -0.2) is 43.7 Å². The SMILES string of the molecule is CNC(=O)C(C)CN(C)Cc1ccc(OC)cc1O. The summed E-state index contributed by atoms with van der Waals surface area (Å²) in [6.07, 6.45) is 0. The van der Waals surface area contributed by atoms with Gasteiger partial charge in [-0.05, 0) is 13.1 Å². The van der Waals surface area contributed by atoms with Crippen LogP contribution in [0, 0.1) is 5.92 Å². The summed E-state index contributed by atoms with van der Waals surface area (Å²) in [5.41, 5.74) is 0.812. The molecule has 0 aromatic heterocycles. The Morgan fingerprint density at radius 3 is 2.74 bits per heavy atom. The van der Waals surface area contributed by atoms with Crippen molar-refractivity contribution in [2.45, 2.75) is 13.5 Å². The van der Waals surface area contributed by atoms with Crippen molar-refractivity contribution in [2.24, 2.45) is 5.92 Å². The molecule has 0 saturated heterocycles. The van der Waals surface area contributed by atoms with E-state index in [1.807, 2.05) is 31.0 Å². The highest BCUT2D eigenvalue weighted by Gasteiger charge is 2.14. The third-order valence-electron chi connectivity index (χ3n) is 3.01. The molecule has 1 aromatic rings. The molecule has 1 atom stereocenters. The van der Waals surface area contributed by atoms with Crippen LogP contribution in [0.15, 0.2) is 18.2 Å². The molecule has 1 rings (SSSR count). The van der Waals surface area contributed by atoms with Crippen molar-refractivity contribution in [3.8, 4) is 11.5 Å². The molecular formula is C14H22N2O3. The van der Waals surface area contributed by atoms with Crippen LogP contribution in [0.3, 0.4) is 0 Å². The Hall–Kier alpha value is -1.75. The van der Waals surface area contributed by atoms with Crippen molar-refractivity contribution in [3.05, 3.63) is 23.8 Å². The van der Waals surface area contributed by atoms with Crippen molar-refractivity contribution in [1.29, 1.82) is 0 Å². The summed E-state index contributed by atoms with van der Waals surface area (Å²) in [6, 6.07) is 5.23. The van der Waals surface area contributed by atoms with Crippen LogP contribution in [0.4, 0.5) is 0 Å². The minimum Gasteiger partial charge on any atom is -0.507 e. The zero-order chi connectivity index (χ0) is 14.4. The normalized spacial score (nSPS) is 12.3. The van der Waals surface area contributed by atoms with Crippen LogP contribution < -0.4 is 10.1 Å². The van der Waals surface area contributed by atoms with Crippen molar-refractivity contribution < 1.29 is 14.6 Å². The predicted octanol–water partition coefficient (Wildman–Crippen LogP) is 1.21. The first kappa shape index (κ1) is 15.3. The molecule has 19 heavy (non-hydrogen) atoms. The number of aromatic hydroxyl groups is 1. The number of nitrogens with one attached hydrogen (secondary N) is 1. The van der Waals surface area contributed by atoms with E-state index in [-0.39, 0.29) is 17.6 Å². The fourth-order valence-corrected chi connectivity index (χ4v) is 1.96. The number of nitrogens with zero attached hydrogens (tertiary/aromatic N) is 1. The van der Waals surface area contributed by atoms with Crippen LogP contribution in [0.2, 0.25) is 0 Å². The standard InChI is InChI=1S/C14H22N2O3/c1-10(14(18)15-2)8-16(3)9-11-5-6-12(19-4)7-13(11)17/h5-7,10,17H,8-9H2,1-4H3,(H,15,18). The zero-order valence-corrected chi connectivity index (χ0v) is 11.9. The van der Waals surface area contributed by atoms with Crippen molar-refractivity contribution in [2.75, 3.05) is 27.7 Å². The number of methoxy groups -OCH3 is 1.